The largest absolute Gasteiger partial charge is 0.368 e. The van der Waals surface area contributed by atoms with Crippen LogP contribution in [0.3, 0.4) is 0 Å². The minimum absolute atomic E-state index is 0.159. The SMILES string of the molecule is CCCCCCCCCCCCNC(C(N)=O)C(C)CC. The van der Waals surface area contributed by atoms with Crippen LogP contribution in [0.4, 0.5) is 0 Å². The fourth-order valence-corrected chi connectivity index (χ4v) is 2.69. The molecule has 3 nitrogen and oxygen atoms in total. The third-order valence-electron chi connectivity index (χ3n) is 4.41. The molecule has 0 saturated carbocycles. The number of unbranched alkanes of at least 4 members (excludes halogenated alkanes) is 9. The van der Waals surface area contributed by atoms with Crippen LogP contribution in [0.25, 0.3) is 0 Å². The summed E-state index contributed by atoms with van der Waals surface area (Å²) in [4.78, 5) is 11.4. The summed E-state index contributed by atoms with van der Waals surface area (Å²) in [5.74, 6) is 0.113. The molecule has 0 radical (unpaired) electrons. The Morgan fingerprint density at radius 2 is 1.38 bits per heavy atom. The molecule has 0 aliphatic carbocycles. The number of nitrogens with one attached hydrogen (secondary N) is 1. The number of hydrogen-bond donors (Lipinski definition) is 2. The number of nitrogens with two attached hydrogens (primary N) is 1. The van der Waals surface area contributed by atoms with Gasteiger partial charge in [-0.2, -0.15) is 0 Å². The molecule has 0 fully saturated rings. The Balaban J connectivity index is 3.40. The van der Waals surface area contributed by atoms with E-state index in [0.29, 0.717) is 5.92 Å². The Bertz CT molecular complexity index is 243. The number of carbonyl (C=O) groups is 1. The van der Waals surface area contributed by atoms with Crippen LogP contribution in [0.5, 0.6) is 0 Å². The Labute approximate surface area is 132 Å². The average Bonchev–Trinajstić information content (AvgIpc) is 2.47. The summed E-state index contributed by atoms with van der Waals surface area (Å²) in [6, 6.07) is -0.159. The van der Waals surface area contributed by atoms with Gasteiger partial charge in [0, 0.05) is 0 Å². The van der Waals surface area contributed by atoms with E-state index in [1.54, 1.807) is 0 Å². The molecule has 0 saturated heterocycles. The van der Waals surface area contributed by atoms with Crippen LogP contribution < -0.4 is 11.1 Å². The van der Waals surface area contributed by atoms with E-state index in [0.717, 1.165) is 19.4 Å². The Hall–Kier alpha value is -0.570. The maximum Gasteiger partial charge on any atom is 0.234 e. The minimum Gasteiger partial charge on any atom is -0.368 e. The second kappa shape index (κ2) is 14.4. The van der Waals surface area contributed by atoms with E-state index in [4.69, 9.17) is 5.73 Å². The summed E-state index contributed by atoms with van der Waals surface area (Å²) in [5.41, 5.74) is 5.44. The molecule has 126 valence electrons. The highest BCUT2D eigenvalue weighted by Crippen LogP contribution is 2.11. The minimum atomic E-state index is -0.212. The highest BCUT2D eigenvalue weighted by molar-refractivity contribution is 5.80. The number of hydrogen-bond acceptors (Lipinski definition) is 2. The smallest absolute Gasteiger partial charge is 0.234 e. The van der Waals surface area contributed by atoms with Crippen molar-refractivity contribution in [2.75, 3.05) is 6.54 Å². The third-order valence-corrected chi connectivity index (χ3v) is 4.41. The summed E-state index contributed by atoms with van der Waals surface area (Å²) in [7, 11) is 0. The standard InChI is InChI=1S/C18H38N2O/c1-4-6-7-8-9-10-11-12-13-14-15-20-17(18(19)21)16(3)5-2/h16-17,20H,4-15H2,1-3H3,(H2,19,21). The molecule has 0 heterocycles. The van der Waals surface area contributed by atoms with E-state index >= 15 is 0 Å². The maximum atomic E-state index is 11.4. The Morgan fingerprint density at radius 3 is 1.81 bits per heavy atom. The summed E-state index contributed by atoms with van der Waals surface area (Å²) in [6.07, 6.45) is 14.4. The summed E-state index contributed by atoms with van der Waals surface area (Å²) >= 11 is 0. The predicted octanol–water partition coefficient (Wildman–Crippen LogP) is 4.40. The van der Waals surface area contributed by atoms with Crippen molar-refractivity contribution >= 4 is 5.91 Å². The van der Waals surface area contributed by atoms with Gasteiger partial charge in [0.05, 0.1) is 6.04 Å². The van der Waals surface area contributed by atoms with Crippen molar-refractivity contribution in [3.63, 3.8) is 0 Å². The van der Waals surface area contributed by atoms with Crippen LogP contribution in [-0.2, 0) is 4.79 Å². The van der Waals surface area contributed by atoms with Gasteiger partial charge in [-0.05, 0) is 18.9 Å². The van der Waals surface area contributed by atoms with E-state index in [2.05, 4.69) is 26.1 Å². The lowest BCUT2D eigenvalue weighted by atomic mass is 9.98. The molecule has 2 unspecified atom stereocenters. The second-order valence-electron chi connectivity index (χ2n) is 6.40. The van der Waals surface area contributed by atoms with Gasteiger partial charge in [-0.25, -0.2) is 0 Å². The summed E-state index contributed by atoms with van der Waals surface area (Å²) in [5, 5.41) is 3.32. The van der Waals surface area contributed by atoms with Gasteiger partial charge < -0.3 is 11.1 Å². The quantitative estimate of drug-likeness (QED) is 0.440. The van der Waals surface area contributed by atoms with E-state index in [-0.39, 0.29) is 11.9 Å². The molecule has 0 aromatic heterocycles. The first-order valence-corrected chi connectivity index (χ1v) is 9.16. The highest BCUT2D eigenvalue weighted by atomic mass is 16.1. The van der Waals surface area contributed by atoms with Crippen LogP contribution in [0.1, 0.15) is 91.4 Å². The lowest BCUT2D eigenvalue weighted by Gasteiger charge is -2.21. The number of amides is 1. The zero-order valence-corrected chi connectivity index (χ0v) is 14.6. The zero-order valence-electron chi connectivity index (χ0n) is 14.6. The van der Waals surface area contributed by atoms with Crippen molar-refractivity contribution in [3.8, 4) is 0 Å². The second-order valence-corrected chi connectivity index (χ2v) is 6.40. The molecule has 0 spiro atoms. The molecule has 3 heteroatoms. The third kappa shape index (κ3) is 11.7. The molecule has 0 aliphatic heterocycles. The number of primary amides is 1. The maximum absolute atomic E-state index is 11.4. The van der Waals surface area contributed by atoms with Gasteiger partial charge in [0.15, 0.2) is 0 Å². The van der Waals surface area contributed by atoms with Crippen LogP contribution >= 0.6 is 0 Å². The topological polar surface area (TPSA) is 55.1 Å². The number of rotatable bonds is 15. The van der Waals surface area contributed by atoms with Gasteiger partial charge >= 0.3 is 0 Å². The van der Waals surface area contributed by atoms with Gasteiger partial charge in [-0.1, -0.05) is 85.0 Å². The van der Waals surface area contributed by atoms with Gasteiger partial charge in [0.1, 0.15) is 0 Å². The molecular weight excluding hydrogens is 260 g/mol. The monoisotopic (exact) mass is 298 g/mol. The Morgan fingerprint density at radius 1 is 0.905 bits per heavy atom. The van der Waals surface area contributed by atoms with Crippen LogP contribution in [0, 0.1) is 5.92 Å². The predicted molar refractivity (Wildman–Crippen MR) is 92.3 cm³/mol. The molecule has 0 rings (SSSR count). The first kappa shape index (κ1) is 20.4. The molecule has 21 heavy (non-hydrogen) atoms. The van der Waals surface area contributed by atoms with Crippen molar-refractivity contribution in [3.05, 3.63) is 0 Å². The molecule has 0 bridgehead atoms. The van der Waals surface area contributed by atoms with Crippen LogP contribution in [-0.4, -0.2) is 18.5 Å². The van der Waals surface area contributed by atoms with Crippen molar-refractivity contribution in [2.24, 2.45) is 11.7 Å². The molecule has 0 aromatic carbocycles. The molecule has 1 amide bonds. The molecular formula is C18H38N2O. The average molecular weight is 299 g/mol. The molecule has 2 atom stereocenters. The van der Waals surface area contributed by atoms with E-state index < -0.39 is 0 Å². The zero-order chi connectivity index (χ0) is 15.9. The van der Waals surface area contributed by atoms with Gasteiger partial charge in [-0.3, -0.25) is 4.79 Å². The van der Waals surface area contributed by atoms with Crippen molar-refractivity contribution in [1.82, 2.24) is 5.32 Å². The van der Waals surface area contributed by atoms with E-state index in [9.17, 15) is 4.79 Å². The van der Waals surface area contributed by atoms with Gasteiger partial charge in [0.25, 0.3) is 0 Å². The first-order valence-electron chi connectivity index (χ1n) is 9.16. The van der Waals surface area contributed by atoms with Gasteiger partial charge in [-0.15, -0.1) is 0 Å². The molecule has 0 aromatic rings. The fraction of sp³-hybridized carbons (Fsp3) is 0.944. The fourth-order valence-electron chi connectivity index (χ4n) is 2.69. The van der Waals surface area contributed by atoms with Crippen molar-refractivity contribution in [1.29, 1.82) is 0 Å². The number of carbonyl (C=O) groups excluding carboxylic acids is 1. The normalized spacial score (nSPS) is 14.0. The van der Waals surface area contributed by atoms with E-state index in [1.165, 1.54) is 57.8 Å². The molecule has 3 N–H and O–H groups in total. The van der Waals surface area contributed by atoms with Crippen molar-refractivity contribution in [2.45, 2.75) is 97.4 Å². The van der Waals surface area contributed by atoms with Gasteiger partial charge in [0.2, 0.25) is 5.91 Å². The summed E-state index contributed by atoms with van der Waals surface area (Å²) in [6.45, 7) is 7.36. The van der Waals surface area contributed by atoms with Crippen LogP contribution in [0.2, 0.25) is 0 Å². The van der Waals surface area contributed by atoms with E-state index in [1.807, 2.05) is 0 Å². The van der Waals surface area contributed by atoms with Crippen molar-refractivity contribution < 1.29 is 4.79 Å². The van der Waals surface area contributed by atoms with Crippen LogP contribution in [0.15, 0.2) is 0 Å². The lowest BCUT2D eigenvalue weighted by Crippen LogP contribution is -2.45. The highest BCUT2D eigenvalue weighted by Gasteiger charge is 2.20. The lowest BCUT2D eigenvalue weighted by molar-refractivity contribution is -0.121. The molecule has 0 aliphatic rings. The Kier molecular flexibility index (Phi) is 14.0. The first-order chi connectivity index (χ1) is 10.1. The summed E-state index contributed by atoms with van der Waals surface area (Å²) < 4.78 is 0.